The van der Waals surface area contributed by atoms with Crippen LogP contribution < -0.4 is 10.2 Å². The minimum Gasteiger partial charge on any atom is -0.480 e. The van der Waals surface area contributed by atoms with Gasteiger partial charge in [-0.1, -0.05) is 20.8 Å². The summed E-state index contributed by atoms with van der Waals surface area (Å²) in [5.41, 5.74) is 1.67. The first kappa shape index (κ1) is 22.6. The van der Waals surface area contributed by atoms with Crippen LogP contribution in [0, 0.1) is 11.3 Å². The van der Waals surface area contributed by atoms with Gasteiger partial charge >= 0.3 is 5.97 Å². The lowest BCUT2D eigenvalue weighted by Crippen LogP contribution is -2.52. The van der Waals surface area contributed by atoms with Crippen LogP contribution >= 0.6 is 0 Å². The molecule has 2 heterocycles. The van der Waals surface area contributed by atoms with Crippen LogP contribution in [0.3, 0.4) is 0 Å². The van der Waals surface area contributed by atoms with Gasteiger partial charge in [0.1, 0.15) is 6.04 Å². The van der Waals surface area contributed by atoms with E-state index in [-0.39, 0.29) is 17.2 Å². The van der Waals surface area contributed by atoms with Crippen molar-refractivity contribution in [3.05, 3.63) is 24.3 Å². The van der Waals surface area contributed by atoms with E-state index in [9.17, 15) is 14.7 Å². The van der Waals surface area contributed by atoms with E-state index in [1.54, 1.807) is 0 Å². The molecule has 0 radical (unpaired) electrons. The molecular weight excluding hydrogens is 380 g/mol. The second kappa shape index (κ2) is 9.35. The van der Waals surface area contributed by atoms with E-state index in [0.717, 1.165) is 31.9 Å². The Balaban J connectivity index is 1.52. The van der Waals surface area contributed by atoms with E-state index in [1.807, 2.05) is 37.8 Å². The van der Waals surface area contributed by atoms with Crippen molar-refractivity contribution < 1.29 is 14.7 Å². The number of rotatable bonds is 5. The maximum absolute atomic E-state index is 12.7. The molecule has 30 heavy (non-hydrogen) atoms. The molecule has 2 aliphatic heterocycles. The van der Waals surface area contributed by atoms with Crippen molar-refractivity contribution in [3.8, 4) is 0 Å². The zero-order valence-corrected chi connectivity index (χ0v) is 18.7. The molecule has 2 N–H and O–H groups in total. The first-order chi connectivity index (χ1) is 14.1. The summed E-state index contributed by atoms with van der Waals surface area (Å²) in [5, 5.41) is 12.7. The molecule has 1 unspecified atom stereocenters. The number of piperazine rings is 1. The third-order valence-electron chi connectivity index (χ3n) is 6.32. The SMILES string of the molecule is CN1CCN(c2ccc(NC(=O)C3CCN(C(C(=O)O)C(C)(C)C)CC3)cc2)CC1. The number of nitrogens with one attached hydrogen (secondary N) is 1. The molecule has 1 aromatic carbocycles. The van der Waals surface area contributed by atoms with Crippen LogP contribution in [-0.2, 0) is 9.59 Å². The molecule has 3 rings (SSSR count). The summed E-state index contributed by atoms with van der Waals surface area (Å²) in [6.07, 6.45) is 1.37. The van der Waals surface area contributed by atoms with E-state index in [2.05, 4.69) is 34.3 Å². The molecule has 166 valence electrons. The molecule has 7 nitrogen and oxygen atoms in total. The number of piperidine rings is 1. The predicted octanol–water partition coefficient (Wildman–Crippen LogP) is 2.59. The largest absolute Gasteiger partial charge is 0.480 e. The average Bonchev–Trinajstić information content (AvgIpc) is 2.68. The van der Waals surface area contributed by atoms with E-state index in [0.29, 0.717) is 25.9 Å². The number of likely N-dealkylation sites (tertiary alicyclic amines) is 1. The number of anilines is 2. The number of hydrogen-bond donors (Lipinski definition) is 2. The van der Waals surface area contributed by atoms with Gasteiger partial charge in [-0.3, -0.25) is 14.5 Å². The van der Waals surface area contributed by atoms with Crippen molar-refractivity contribution >= 4 is 23.3 Å². The Morgan fingerprint density at radius 3 is 2.07 bits per heavy atom. The predicted molar refractivity (Wildman–Crippen MR) is 120 cm³/mol. The fourth-order valence-corrected chi connectivity index (χ4v) is 4.56. The summed E-state index contributed by atoms with van der Waals surface area (Å²) in [6.45, 7) is 11.3. The van der Waals surface area contributed by atoms with Gasteiger partial charge in [0.2, 0.25) is 5.91 Å². The smallest absolute Gasteiger partial charge is 0.321 e. The normalized spacial score (nSPS) is 20.7. The van der Waals surface area contributed by atoms with Crippen LogP contribution in [0.15, 0.2) is 24.3 Å². The Morgan fingerprint density at radius 1 is 1.00 bits per heavy atom. The third-order valence-corrected chi connectivity index (χ3v) is 6.32. The van der Waals surface area contributed by atoms with Gasteiger partial charge in [-0.25, -0.2) is 0 Å². The first-order valence-electron chi connectivity index (χ1n) is 11.0. The summed E-state index contributed by atoms with van der Waals surface area (Å²) in [6, 6.07) is 7.57. The number of carboxylic acids is 1. The van der Waals surface area contributed by atoms with Crippen LogP contribution in [0.5, 0.6) is 0 Å². The third kappa shape index (κ3) is 5.52. The fourth-order valence-electron chi connectivity index (χ4n) is 4.56. The minimum atomic E-state index is -0.786. The van der Waals surface area contributed by atoms with Gasteiger partial charge < -0.3 is 20.2 Å². The monoisotopic (exact) mass is 416 g/mol. The second-order valence-corrected chi connectivity index (χ2v) is 9.74. The number of likely N-dealkylation sites (N-methyl/N-ethyl adjacent to an activating group) is 1. The Bertz CT molecular complexity index is 728. The van der Waals surface area contributed by atoms with Gasteiger partial charge in [0, 0.05) is 43.5 Å². The van der Waals surface area contributed by atoms with Crippen LogP contribution in [-0.4, -0.2) is 79.1 Å². The molecule has 2 saturated heterocycles. The molecule has 2 aliphatic rings. The van der Waals surface area contributed by atoms with Crippen molar-refractivity contribution in [1.29, 1.82) is 0 Å². The zero-order valence-electron chi connectivity index (χ0n) is 18.7. The number of nitrogens with zero attached hydrogens (tertiary/aromatic N) is 3. The number of carboxylic acid groups (broad SMARTS) is 1. The maximum atomic E-state index is 12.7. The number of benzene rings is 1. The van der Waals surface area contributed by atoms with Crippen LogP contribution in [0.4, 0.5) is 11.4 Å². The fraction of sp³-hybridized carbons (Fsp3) is 0.652. The molecule has 1 amide bonds. The van der Waals surface area contributed by atoms with Crippen molar-refractivity contribution in [2.45, 2.75) is 39.7 Å². The van der Waals surface area contributed by atoms with E-state index >= 15 is 0 Å². The highest BCUT2D eigenvalue weighted by Crippen LogP contribution is 2.29. The van der Waals surface area contributed by atoms with Crippen LogP contribution in [0.25, 0.3) is 0 Å². The lowest BCUT2D eigenvalue weighted by Gasteiger charge is -2.40. The topological polar surface area (TPSA) is 76.1 Å². The van der Waals surface area contributed by atoms with Gasteiger partial charge in [-0.15, -0.1) is 0 Å². The van der Waals surface area contributed by atoms with Gasteiger partial charge in [-0.05, 0) is 62.7 Å². The second-order valence-electron chi connectivity index (χ2n) is 9.74. The van der Waals surface area contributed by atoms with Crippen LogP contribution in [0.2, 0.25) is 0 Å². The first-order valence-corrected chi connectivity index (χ1v) is 11.0. The van der Waals surface area contributed by atoms with Gasteiger partial charge in [0.15, 0.2) is 0 Å². The van der Waals surface area contributed by atoms with Crippen molar-refractivity contribution in [3.63, 3.8) is 0 Å². The van der Waals surface area contributed by atoms with E-state index < -0.39 is 12.0 Å². The van der Waals surface area contributed by atoms with Gasteiger partial charge in [0.05, 0.1) is 0 Å². The standard InChI is InChI=1S/C23H36N4O3/c1-23(2,3)20(22(29)30)27-11-9-17(10-12-27)21(28)24-18-5-7-19(8-6-18)26-15-13-25(4)14-16-26/h5-8,17,20H,9-16H2,1-4H3,(H,24,28)(H,29,30). The summed E-state index contributed by atoms with van der Waals surface area (Å²) in [7, 11) is 2.14. The Morgan fingerprint density at radius 2 is 1.57 bits per heavy atom. The highest BCUT2D eigenvalue weighted by Gasteiger charge is 2.39. The Kier molecular flexibility index (Phi) is 7.03. The molecule has 0 aromatic heterocycles. The van der Waals surface area contributed by atoms with Crippen molar-refractivity contribution in [1.82, 2.24) is 9.80 Å². The Labute approximate surface area is 180 Å². The molecule has 1 aromatic rings. The number of hydrogen-bond acceptors (Lipinski definition) is 5. The van der Waals surface area contributed by atoms with Crippen molar-refractivity contribution in [2.24, 2.45) is 11.3 Å². The van der Waals surface area contributed by atoms with Gasteiger partial charge in [0.25, 0.3) is 0 Å². The molecular formula is C23H36N4O3. The lowest BCUT2D eigenvalue weighted by molar-refractivity contribution is -0.148. The molecule has 0 aliphatic carbocycles. The molecule has 2 fully saturated rings. The zero-order chi connectivity index (χ0) is 21.9. The quantitative estimate of drug-likeness (QED) is 0.768. The van der Waals surface area contributed by atoms with E-state index in [1.165, 1.54) is 5.69 Å². The number of aliphatic carboxylic acids is 1. The molecule has 7 heteroatoms. The summed E-state index contributed by atoms with van der Waals surface area (Å²) in [4.78, 5) is 31.2. The summed E-state index contributed by atoms with van der Waals surface area (Å²) in [5.74, 6) is -0.830. The molecule has 0 bridgehead atoms. The van der Waals surface area contributed by atoms with Crippen molar-refractivity contribution in [2.75, 3.05) is 56.5 Å². The molecule has 0 saturated carbocycles. The van der Waals surface area contributed by atoms with E-state index in [4.69, 9.17) is 0 Å². The highest BCUT2D eigenvalue weighted by molar-refractivity contribution is 5.92. The number of carbonyl (C=O) groups is 2. The minimum absolute atomic E-state index is 0.0321. The summed E-state index contributed by atoms with van der Waals surface area (Å²) < 4.78 is 0. The average molecular weight is 417 g/mol. The number of carbonyl (C=O) groups excluding carboxylic acids is 1. The number of amides is 1. The summed E-state index contributed by atoms with van der Waals surface area (Å²) >= 11 is 0. The lowest BCUT2D eigenvalue weighted by atomic mass is 9.83. The Hall–Kier alpha value is -2.12. The highest BCUT2D eigenvalue weighted by atomic mass is 16.4. The molecule has 0 spiro atoms. The van der Waals surface area contributed by atoms with Crippen LogP contribution in [0.1, 0.15) is 33.6 Å². The maximum Gasteiger partial charge on any atom is 0.321 e. The molecule has 1 atom stereocenters. The van der Waals surface area contributed by atoms with Gasteiger partial charge in [-0.2, -0.15) is 0 Å².